The van der Waals surface area contributed by atoms with Crippen molar-refractivity contribution in [3.8, 4) is 28.2 Å². The van der Waals surface area contributed by atoms with E-state index >= 15 is 0 Å². The van der Waals surface area contributed by atoms with Gasteiger partial charge in [-0.25, -0.2) is 9.69 Å². The number of carbonyl (C=O) groups excluding carboxylic acids is 3. The number of methoxy groups -OCH3 is 1. The minimum atomic E-state index is -0.757. The van der Waals surface area contributed by atoms with Gasteiger partial charge in [0, 0.05) is 30.5 Å². The predicted molar refractivity (Wildman–Crippen MR) is 174 cm³/mol. The summed E-state index contributed by atoms with van der Waals surface area (Å²) >= 11 is 0. The second kappa shape index (κ2) is 12.8. The Bertz CT molecular complexity index is 1950. The summed E-state index contributed by atoms with van der Waals surface area (Å²) < 4.78 is 7.11. The number of hydrogen-bond donors (Lipinski definition) is 0. The zero-order valence-corrected chi connectivity index (χ0v) is 24.8. The highest BCUT2D eigenvalue weighted by Gasteiger charge is 2.43. The molecule has 10 heteroatoms. The van der Waals surface area contributed by atoms with E-state index in [2.05, 4.69) is 0 Å². The number of non-ortho nitro benzene ring substituents is 1. The summed E-state index contributed by atoms with van der Waals surface area (Å²) in [4.78, 5) is 54.4. The van der Waals surface area contributed by atoms with Gasteiger partial charge in [-0.15, -0.1) is 0 Å². The van der Waals surface area contributed by atoms with Gasteiger partial charge >= 0.3 is 6.03 Å². The van der Waals surface area contributed by atoms with E-state index in [0.717, 1.165) is 26.6 Å². The van der Waals surface area contributed by atoms with Gasteiger partial charge < -0.3 is 9.30 Å². The van der Waals surface area contributed by atoms with Crippen molar-refractivity contribution < 1.29 is 24.0 Å². The van der Waals surface area contributed by atoms with E-state index in [1.165, 1.54) is 25.3 Å². The number of ether oxygens (including phenoxy) is 1. The van der Waals surface area contributed by atoms with Crippen molar-refractivity contribution in [2.45, 2.75) is 0 Å². The zero-order valence-electron chi connectivity index (χ0n) is 24.8. The molecule has 228 valence electrons. The van der Waals surface area contributed by atoms with Crippen molar-refractivity contribution in [2.75, 3.05) is 25.2 Å². The van der Waals surface area contributed by atoms with Crippen LogP contribution < -0.4 is 4.90 Å². The van der Waals surface area contributed by atoms with Crippen LogP contribution in [0.5, 0.6) is 0 Å². The molecule has 0 aliphatic carbocycles. The molecule has 6 rings (SSSR count). The maximum absolute atomic E-state index is 14.0. The molecule has 1 aromatic heterocycles. The quantitative estimate of drug-likeness (QED) is 0.0788. The molecular weight excluding hydrogens is 584 g/mol. The third kappa shape index (κ3) is 5.60. The molecular formula is C36H28N4O6. The van der Waals surface area contributed by atoms with Crippen molar-refractivity contribution in [3.05, 3.63) is 143 Å². The second-order valence-corrected chi connectivity index (χ2v) is 10.4. The Morgan fingerprint density at radius 1 is 0.739 bits per heavy atom. The molecule has 0 unspecified atom stereocenters. The Labute approximate surface area is 264 Å². The van der Waals surface area contributed by atoms with Crippen LogP contribution >= 0.6 is 0 Å². The predicted octanol–water partition coefficient (Wildman–Crippen LogP) is 6.74. The van der Waals surface area contributed by atoms with Crippen molar-refractivity contribution >= 4 is 35.3 Å². The van der Waals surface area contributed by atoms with E-state index < -0.39 is 22.8 Å². The van der Waals surface area contributed by atoms with Gasteiger partial charge in [-0.1, -0.05) is 78.9 Å². The lowest BCUT2D eigenvalue weighted by molar-refractivity contribution is -0.384. The van der Waals surface area contributed by atoms with E-state index in [1.807, 2.05) is 71.3 Å². The number of carbonyl (C=O) groups is 3. The van der Waals surface area contributed by atoms with Gasteiger partial charge in [-0.05, 0) is 47.5 Å². The van der Waals surface area contributed by atoms with Crippen LogP contribution in [0.2, 0.25) is 0 Å². The van der Waals surface area contributed by atoms with E-state index in [4.69, 9.17) is 4.74 Å². The average molecular weight is 613 g/mol. The standard InChI is InChI=1S/C36H28N4O6/c1-46-22-21-37-34(41)31(35(42)39(36(37)43)28-15-9-4-10-16-28)23-27-24-32(25-11-5-2-6-12-25)38(33(27)26-13-7-3-8-14-26)29-17-19-30(20-18-29)40(44)45/h2-20,23-24H,21-22H2,1H3/b31-23+. The molecule has 2 heterocycles. The average Bonchev–Trinajstić information content (AvgIpc) is 3.47. The van der Waals surface area contributed by atoms with Crippen LogP contribution in [0.25, 0.3) is 34.3 Å². The number of urea groups is 1. The lowest BCUT2D eigenvalue weighted by atomic mass is 10.0. The SMILES string of the molecule is COCCN1C(=O)/C(=C\c2cc(-c3ccccc3)n(-c3ccc([N+](=O)[O-])cc3)c2-c2ccccc2)C(=O)N(c2ccccc2)C1=O. The first-order valence-corrected chi connectivity index (χ1v) is 14.5. The van der Waals surface area contributed by atoms with Crippen LogP contribution in [0, 0.1) is 10.1 Å². The lowest BCUT2D eigenvalue weighted by Gasteiger charge is -2.33. The number of para-hydroxylation sites is 1. The monoisotopic (exact) mass is 612 g/mol. The highest BCUT2D eigenvalue weighted by molar-refractivity contribution is 6.39. The van der Waals surface area contributed by atoms with Crippen LogP contribution in [-0.4, -0.2) is 52.5 Å². The minimum absolute atomic E-state index is 0.0489. The van der Waals surface area contributed by atoms with E-state index in [9.17, 15) is 24.5 Å². The number of nitro groups is 1. The number of hydrogen-bond acceptors (Lipinski definition) is 6. The number of aromatic nitrogens is 1. The number of nitro benzene ring substituents is 1. The zero-order chi connectivity index (χ0) is 32.2. The molecule has 0 atom stereocenters. The van der Waals surface area contributed by atoms with Gasteiger partial charge in [0.2, 0.25) is 0 Å². The summed E-state index contributed by atoms with van der Waals surface area (Å²) in [5.41, 5.74) is 4.24. The number of rotatable bonds is 9. The number of nitrogens with zero attached hydrogens (tertiary/aromatic N) is 4. The Morgan fingerprint density at radius 3 is 1.91 bits per heavy atom. The molecule has 0 bridgehead atoms. The summed E-state index contributed by atoms with van der Waals surface area (Å²) in [6.07, 6.45) is 1.52. The highest BCUT2D eigenvalue weighted by Crippen LogP contribution is 2.38. The van der Waals surface area contributed by atoms with Crippen LogP contribution in [0.3, 0.4) is 0 Å². The number of barbiturate groups is 1. The van der Waals surface area contributed by atoms with Crippen molar-refractivity contribution in [3.63, 3.8) is 0 Å². The Hall–Kier alpha value is -6.13. The lowest BCUT2D eigenvalue weighted by Crippen LogP contribution is -2.57. The van der Waals surface area contributed by atoms with Crippen LogP contribution in [0.1, 0.15) is 5.56 Å². The Balaban J connectivity index is 1.61. The molecule has 0 spiro atoms. The summed E-state index contributed by atoms with van der Waals surface area (Å²) in [6.45, 7) is 0.0399. The summed E-state index contributed by atoms with van der Waals surface area (Å²) in [6, 6.07) is 34.7. The maximum Gasteiger partial charge on any atom is 0.338 e. The van der Waals surface area contributed by atoms with Crippen molar-refractivity contribution in [1.29, 1.82) is 0 Å². The maximum atomic E-state index is 14.0. The summed E-state index contributed by atoms with van der Waals surface area (Å²) in [5, 5.41) is 11.4. The first-order valence-electron chi connectivity index (χ1n) is 14.5. The fraction of sp³-hybridized carbons (Fsp3) is 0.0833. The third-order valence-electron chi connectivity index (χ3n) is 7.63. The van der Waals surface area contributed by atoms with Gasteiger partial charge in [0.1, 0.15) is 5.57 Å². The van der Waals surface area contributed by atoms with Gasteiger partial charge in [0.25, 0.3) is 17.5 Å². The molecule has 0 N–H and O–H groups in total. The first kappa shape index (κ1) is 29.9. The van der Waals surface area contributed by atoms with Crippen molar-refractivity contribution in [1.82, 2.24) is 9.47 Å². The van der Waals surface area contributed by atoms with Gasteiger partial charge in [-0.2, -0.15) is 0 Å². The molecule has 46 heavy (non-hydrogen) atoms. The second-order valence-electron chi connectivity index (χ2n) is 10.4. The minimum Gasteiger partial charge on any atom is -0.383 e. The molecule has 1 aliphatic heterocycles. The molecule has 4 aromatic carbocycles. The summed E-state index contributed by atoms with van der Waals surface area (Å²) in [5.74, 6) is -1.49. The number of amides is 4. The molecule has 1 aliphatic rings. The molecule has 1 saturated heterocycles. The fourth-order valence-electron chi connectivity index (χ4n) is 5.46. The third-order valence-corrected chi connectivity index (χ3v) is 7.63. The largest absolute Gasteiger partial charge is 0.383 e. The Kier molecular flexibility index (Phi) is 8.36. The fourth-order valence-corrected chi connectivity index (χ4v) is 5.46. The molecule has 4 amide bonds. The van der Waals surface area contributed by atoms with E-state index in [-0.39, 0.29) is 24.4 Å². The van der Waals surface area contributed by atoms with Crippen LogP contribution in [0.4, 0.5) is 16.2 Å². The van der Waals surface area contributed by atoms with Crippen molar-refractivity contribution in [2.24, 2.45) is 0 Å². The molecule has 10 nitrogen and oxygen atoms in total. The van der Waals surface area contributed by atoms with Gasteiger partial charge in [0.05, 0.1) is 35.2 Å². The van der Waals surface area contributed by atoms with E-state index in [0.29, 0.717) is 22.6 Å². The number of benzene rings is 4. The number of imide groups is 2. The van der Waals surface area contributed by atoms with Gasteiger partial charge in [0.15, 0.2) is 0 Å². The first-order chi connectivity index (χ1) is 22.4. The molecule has 0 radical (unpaired) electrons. The normalized spacial score (nSPS) is 14.3. The molecule has 1 fully saturated rings. The Morgan fingerprint density at radius 2 is 1.33 bits per heavy atom. The molecule has 5 aromatic rings. The number of anilines is 1. The summed E-state index contributed by atoms with van der Waals surface area (Å²) in [7, 11) is 1.47. The van der Waals surface area contributed by atoms with Gasteiger partial charge in [-0.3, -0.25) is 24.6 Å². The van der Waals surface area contributed by atoms with Crippen LogP contribution in [0.15, 0.2) is 127 Å². The van der Waals surface area contributed by atoms with E-state index in [1.54, 1.807) is 42.5 Å². The van der Waals surface area contributed by atoms with Crippen LogP contribution in [-0.2, 0) is 14.3 Å². The molecule has 0 saturated carbocycles. The topological polar surface area (TPSA) is 115 Å². The highest BCUT2D eigenvalue weighted by atomic mass is 16.6. The smallest absolute Gasteiger partial charge is 0.338 e.